The minimum absolute atomic E-state index is 0.396. The van der Waals surface area contributed by atoms with Gasteiger partial charge in [-0.2, -0.15) is 0 Å². The van der Waals surface area contributed by atoms with Crippen molar-refractivity contribution in [2.24, 2.45) is 11.1 Å². The Morgan fingerprint density at radius 1 is 1.53 bits per heavy atom. The maximum atomic E-state index is 5.53. The zero-order valence-corrected chi connectivity index (χ0v) is 11.0. The normalized spacial score (nSPS) is 17.2. The number of nitrogens with two attached hydrogens (primary N) is 1. The van der Waals surface area contributed by atoms with Crippen LogP contribution in [0.1, 0.15) is 38.2 Å². The van der Waals surface area contributed by atoms with E-state index in [1.165, 1.54) is 25.7 Å². The van der Waals surface area contributed by atoms with Crippen molar-refractivity contribution >= 4 is 23.0 Å². The first-order chi connectivity index (χ1) is 8.15. The third kappa shape index (κ3) is 2.75. The Morgan fingerprint density at radius 3 is 2.71 bits per heavy atom. The minimum Gasteiger partial charge on any atom is -0.389 e. The second-order valence-electron chi connectivity index (χ2n) is 4.86. The van der Waals surface area contributed by atoms with E-state index in [1.807, 2.05) is 12.1 Å². The van der Waals surface area contributed by atoms with Crippen LogP contribution in [0.15, 0.2) is 18.3 Å². The van der Waals surface area contributed by atoms with Gasteiger partial charge in [0.05, 0.1) is 0 Å². The molecular weight excluding hydrogens is 230 g/mol. The average molecular weight is 249 g/mol. The van der Waals surface area contributed by atoms with Gasteiger partial charge in [0.1, 0.15) is 10.8 Å². The third-order valence-corrected chi connectivity index (χ3v) is 4.09. The summed E-state index contributed by atoms with van der Waals surface area (Å²) in [5, 5.41) is 3.41. The molecule has 1 saturated carbocycles. The van der Waals surface area contributed by atoms with Crippen LogP contribution in [-0.4, -0.2) is 16.5 Å². The highest BCUT2D eigenvalue weighted by Gasteiger charge is 2.34. The molecule has 0 atom stereocenters. The highest BCUT2D eigenvalue weighted by molar-refractivity contribution is 7.80. The van der Waals surface area contributed by atoms with Crippen molar-refractivity contribution < 1.29 is 0 Å². The van der Waals surface area contributed by atoms with Crippen LogP contribution in [0.4, 0.5) is 5.82 Å². The largest absolute Gasteiger partial charge is 0.389 e. The Balaban J connectivity index is 1.93. The van der Waals surface area contributed by atoms with Gasteiger partial charge in [-0.3, -0.25) is 0 Å². The molecule has 2 rings (SSSR count). The Hall–Kier alpha value is -1.16. The maximum Gasteiger partial charge on any atom is 0.125 e. The number of hydrogen-bond acceptors (Lipinski definition) is 3. The van der Waals surface area contributed by atoms with E-state index >= 15 is 0 Å². The Kier molecular flexibility index (Phi) is 3.62. The van der Waals surface area contributed by atoms with Gasteiger partial charge in [0.2, 0.25) is 0 Å². The van der Waals surface area contributed by atoms with Crippen molar-refractivity contribution in [1.82, 2.24) is 4.98 Å². The number of nitrogens with one attached hydrogen (secondary N) is 1. The van der Waals surface area contributed by atoms with Gasteiger partial charge in [-0.05, 0) is 36.8 Å². The van der Waals surface area contributed by atoms with Crippen LogP contribution in [0.5, 0.6) is 0 Å². The third-order valence-electron chi connectivity index (χ3n) is 3.86. The van der Waals surface area contributed by atoms with E-state index in [0.717, 1.165) is 17.9 Å². The predicted molar refractivity (Wildman–Crippen MR) is 75.2 cm³/mol. The van der Waals surface area contributed by atoms with Gasteiger partial charge in [0.25, 0.3) is 0 Å². The lowest BCUT2D eigenvalue weighted by Crippen LogP contribution is -2.36. The molecule has 17 heavy (non-hydrogen) atoms. The molecule has 1 aliphatic rings. The summed E-state index contributed by atoms with van der Waals surface area (Å²) in [6.07, 6.45) is 7.00. The van der Waals surface area contributed by atoms with Gasteiger partial charge in [-0.25, -0.2) is 4.98 Å². The highest BCUT2D eigenvalue weighted by atomic mass is 32.1. The topological polar surface area (TPSA) is 50.9 Å². The van der Waals surface area contributed by atoms with E-state index in [2.05, 4.69) is 17.2 Å². The lowest BCUT2D eigenvalue weighted by atomic mass is 9.67. The van der Waals surface area contributed by atoms with E-state index in [9.17, 15) is 0 Å². The van der Waals surface area contributed by atoms with Crippen LogP contribution in [-0.2, 0) is 0 Å². The summed E-state index contributed by atoms with van der Waals surface area (Å²) < 4.78 is 0. The molecule has 0 bridgehead atoms. The van der Waals surface area contributed by atoms with E-state index < -0.39 is 0 Å². The molecule has 0 spiro atoms. The van der Waals surface area contributed by atoms with Crippen molar-refractivity contribution in [3.63, 3.8) is 0 Å². The number of rotatable bonds is 5. The zero-order chi connectivity index (χ0) is 12.3. The molecule has 0 radical (unpaired) electrons. The molecule has 1 heterocycles. The molecule has 1 fully saturated rings. The van der Waals surface area contributed by atoms with Crippen LogP contribution in [0.25, 0.3) is 0 Å². The average Bonchev–Trinajstić information content (AvgIpc) is 2.29. The number of pyridine rings is 1. The smallest absolute Gasteiger partial charge is 0.125 e. The molecule has 3 N–H and O–H groups in total. The molecule has 1 aliphatic carbocycles. The van der Waals surface area contributed by atoms with Crippen LogP contribution >= 0.6 is 12.2 Å². The van der Waals surface area contributed by atoms with Crippen molar-refractivity contribution in [1.29, 1.82) is 0 Å². The minimum atomic E-state index is 0.396. The molecular formula is C13H19N3S. The molecule has 92 valence electrons. The van der Waals surface area contributed by atoms with Crippen LogP contribution in [0.3, 0.4) is 0 Å². The number of nitrogens with zero attached hydrogens (tertiary/aromatic N) is 1. The highest BCUT2D eigenvalue weighted by Crippen LogP contribution is 2.43. The van der Waals surface area contributed by atoms with Gasteiger partial charge in [0.15, 0.2) is 0 Å². The van der Waals surface area contributed by atoms with Crippen LogP contribution < -0.4 is 11.1 Å². The first-order valence-corrected chi connectivity index (χ1v) is 6.56. The van der Waals surface area contributed by atoms with Crippen molar-refractivity contribution in [2.45, 2.75) is 32.6 Å². The van der Waals surface area contributed by atoms with Gasteiger partial charge in [0, 0.05) is 18.3 Å². The summed E-state index contributed by atoms with van der Waals surface area (Å²) in [5.74, 6) is 0.907. The van der Waals surface area contributed by atoms with Crippen molar-refractivity contribution in [3.8, 4) is 0 Å². The fraction of sp³-hybridized carbons (Fsp3) is 0.538. The van der Waals surface area contributed by atoms with Crippen molar-refractivity contribution in [3.05, 3.63) is 23.9 Å². The van der Waals surface area contributed by atoms with Gasteiger partial charge >= 0.3 is 0 Å². The molecule has 4 heteroatoms. The lowest BCUT2D eigenvalue weighted by Gasteiger charge is -2.41. The first-order valence-electron chi connectivity index (χ1n) is 6.15. The van der Waals surface area contributed by atoms with Gasteiger partial charge in [-0.1, -0.05) is 25.6 Å². The fourth-order valence-corrected chi connectivity index (χ4v) is 2.38. The van der Waals surface area contributed by atoms with Crippen LogP contribution in [0, 0.1) is 5.41 Å². The quantitative estimate of drug-likeness (QED) is 0.788. The monoisotopic (exact) mass is 249 g/mol. The SMILES string of the molecule is CCC1(CNc2ccc(C(N)=S)cn2)CCC1. The maximum absolute atomic E-state index is 5.53. The zero-order valence-electron chi connectivity index (χ0n) is 10.2. The summed E-state index contributed by atoms with van der Waals surface area (Å²) in [7, 11) is 0. The second-order valence-corrected chi connectivity index (χ2v) is 5.30. The Morgan fingerprint density at radius 2 is 2.29 bits per heavy atom. The molecule has 1 aromatic rings. The van der Waals surface area contributed by atoms with Crippen molar-refractivity contribution in [2.75, 3.05) is 11.9 Å². The summed E-state index contributed by atoms with van der Waals surface area (Å²) in [6.45, 7) is 3.28. The summed E-state index contributed by atoms with van der Waals surface area (Å²) in [4.78, 5) is 4.71. The predicted octanol–water partition coefficient (Wildman–Crippen LogP) is 2.71. The van der Waals surface area contributed by atoms with E-state index in [4.69, 9.17) is 18.0 Å². The van der Waals surface area contributed by atoms with Gasteiger partial charge < -0.3 is 11.1 Å². The first kappa shape index (κ1) is 12.3. The van der Waals surface area contributed by atoms with E-state index in [-0.39, 0.29) is 0 Å². The molecule has 1 aromatic heterocycles. The lowest BCUT2D eigenvalue weighted by molar-refractivity contribution is 0.145. The number of hydrogen-bond donors (Lipinski definition) is 2. The molecule has 0 unspecified atom stereocenters. The molecule has 0 saturated heterocycles. The van der Waals surface area contributed by atoms with E-state index in [0.29, 0.717) is 10.4 Å². The standard InChI is InChI=1S/C13H19N3S/c1-2-13(6-3-7-13)9-16-11-5-4-10(8-15-11)12(14)17/h4-5,8H,2-3,6-7,9H2,1H3,(H2,14,17)(H,15,16). The Bertz CT molecular complexity index is 390. The molecule has 0 aliphatic heterocycles. The molecule has 0 amide bonds. The van der Waals surface area contributed by atoms with Crippen LogP contribution in [0.2, 0.25) is 0 Å². The van der Waals surface area contributed by atoms with Gasteiger partial charge in [-0.15, -0.1) is 0 Å². The fourth-order valence-electron chi connectivity index (χ4n) is 2.25. The molecule has 3 nitrogen and oxygen atoms in total. The second kappa shape index (κ2) is 5.00. The molecule has 0 aromatic carbocycles. The summed E-state index contributed by atoms with van der Waals surface area (Å²) >= 11 is 4.89. The number of anilines is 1. The number of aromatic nitrogens is 1. The number of thiocarbonyl (C=S) groups is 1. The Labute approximate surface area is 108 Å². The van der Waals surface area contributed by atoms with E-state index in [1.54, 1.807) is 6.20 Å². The summed E-state index contributed by atoms with van der Waals surface area (Å²) in [6, 6.07) is 3.85. The summed E-state index contributed by atoms with van der Waals surface area (Å²) in [5.41, 5.74) is 6.85.